The second-order valence-electron chi connectivity index (χ2n) is 4.78. The van der Waals surface area contributed by atoms with Crippen molar-refractivity contribution >= 4 is 5.97 Å². The molecule has 0 aliphatic carbocycles. The summed E-state index contributed by atoms with van der Waals surface area (Å²) in [7, 11) is 0. The van der Waals surface area contributed by atoms with Crippen LogP contribution in [0.5, 0.6) is 0 Å². The molecule has 1 aliphatic rings. The largest absolute Gasteiger partial charge is 0.480 e. The zero-order valence-corrected chi connectivity index (χ0v) is 9.21. The highest BCUT2D eigenvalue weighted by Gasteiger charge is 2.33. The lowest BCUT2D eigenvalue weighted by molar-refractivity contribution is -0.145. The molecule has 1 rings (SSSR count). The molecule has 1 aliphatic heterocycles. The summed E-state index contributed by atoms with van der Waals surface area (Å²) in [6.45, 7) is 8.51. The van der Waals surface area contributed by atoms with Gasteiger partial charge >= 0.3 is 5.97 Å². The van der Waals surface area contributed by atoms with Crippen molar-refractivity contribution in [3.63, 3.8) is 0 Å². The third kappa shape index (κ3) is 2.69. The van der Waals surface area contributed by atoms with Crippen LogP contribution in [-0.2, 0) is 4.79 Å². The zero-order valence-electron chi connectivity index (χ0n) is 9.21. The first kappa shape index (κ1) is 11.5. The maximum Gasteiger partial charge on any atom is 0.322 e. The smallest absolute Gasteiger partial charge is 0.322 e. The number of carbonyl (C=O) groups is 1. The fourth-order valence-electron chi connectivity index (χ4n) is 1.90. The van der Waals surface area contributed by atoms with E-state index in [4.69, 9.17) is 5.11 Å². The maximum absolute atomic E-state index is 11.1. The van der Waals surface area contributed by atoms with E-state index in [1.807, 2.05) is 0 Å². The highest BCUT2D eigenvalue weighted by Crippen LogP contribution is 2.18. The fourth-order valence-corrected chi connectivity index (χ4v) is 1.90. The van der Waals surface area contributed by atoms with Crippen LogP contribution in [-0.4, -0.2) is 47.2 Å². The van der Waals surface area contributed by atoms with Gasteiger partial charge in [0, 0.05) is 18.6 Å². The van der Waals surface area contributed by atoms with E-state index in [2.05, 4.69) is 31.0 Å². The molecule has 0 spiro atoms. The highest BCUT2D eigenvalue weighted by molar-refractivity contribution is 5.74. The van der Waals surface area contributed by atoms with Gasteiger partial charge in [0.1, 0.15) is 6.04 Å². The minimum absolute atomic E-state index is 0.0743. The summed E-state index contributed by atoms with van der Waals surface area (Å²) in [5.41, 5.74) is -0.0743. The Hall–Kier alpha value is -0.610. The minimum atomic E-state index is -0.727. The summed E-state index contributed by atoms with van der Waals surface area (Å²) in [6, 6.07) is -0.391. The second-order valence-corrected chi connectivity index (χ2v) is 4.78. The van der Waals surface area contributed by atoms with E-state index in [-0.39, 0.29) is 5.54 Å². The minimum Gasteiger partial charge on any atom is -0.480 e. The van der Waals surface area contributed by atoms with E-state index >= 15 is 0 Å². The van der Waals surface area contributed by atoms with Crippen LogP contribution >= 0.6 is 0 Å². The Bertz CT molecular complexity index is 211. The van der Waals surface area contributed by atoms with Gasteiger partial charge in [-0.25, -0.2) is 0 Å². The first-order chi connectivity index (χ1) is 6.43. The maximum atomic E-state index is 11.1. The lowest BCUT2D eigenvalue weighted by atomic mass is 10.0. The SMILES string of the molecule is CC(C)(C)N1CCCNCC1C(=O)O. The molecule has 0 aromatic heterocycles. The summed E-state index contributed by atoms with van der Waals surface area (Å²) in [5, 5.41) is 12.3. The summed E-state index contributed by atoms with van der Waals surface area (Å²) >= 11 is 0. The van der Waals surface area contributed by atoms with Crippen LogP contribution in [0, 0.1) is 0 Å². The third-order valence-electron chi connectivity index (χ3n) is 2.61. The molecule has 0 bridgehead atoms. The Morgan fingerprint density at radius 3 is 2.64 bits per heavy atom. The van der Waals surface area contributed by atoms with Gasteiger partial charge in [-0.15, -0.1) is 0 Å². The summed E-state index contributed by atoms with van der Waals surface area (Å²) in [6.07, 6.45) is 1.01. The summed E-state index contributed by atoms with van der Waals surface area (Å²) in [5.74, 6) is -0.727. The summed E-state index contributed by atoms with van der Waals surface area (Å²) in [4.78, 5) is 13.1. The van der Waals surface area contributed by atoms with Gasteiger partial charge < -0.3 is 10.4 Å². The van der Waals surface area contributed by atoms with E-state index in [9.17, 15) is 4.79 Å². The van der Waals surface area contributed by atoms with Crippen molar-refractivity contribution in [2.75, 3.05) is 19.6 Å². The topological polar surface area (TPSA) is 52.6 Å². The molecule has 1 fully saturated rings. The zero-order chi connectivity index (χ0) is 10.8. The van der Waals surface area contributed by atoms with Crippen LogP contribution in [0.2, 0.25) is 0 Å². The van der Waals surface area contributed by atoms with E-state index in [1.54, 1.807) is 0 Å². The van der Waals surface area contributed by atoms with Crippen LogP contribution < -0.4 is 5.32 Å². The van der Waals surface area contributed by atoms with Crippen molar-refractivity contribution in [1.82, 2.24) is 10.2 Å². The monoisotopic (exact) mass is 200 g/mol. The van der Waals surface area contributed by atoms with Gasteiger partial charge in [0.05, 0.1) is 0 Å². The van der Waals surface area contributed by atoms with Crippen LogP contribution in [0.4, 0.5) is 0 Å². The Balaban J connectivity index is 2.79. The molecular formula is C10H20N2O2. The molecule has 0 aromatic rings. The van der Waals surface area contributed by atoms with Crippen LogP contribution in [0.15, 0.2) is 0 Å². The molecule has 1 atom stereocenters. The number of aliphatic carboxylic acids is 1. The fraction of sp³-hybridized carbons (Fsp3) is 0.900. The number of carboxylic acids is 1. The van der Waals surface area contributed by atoms with Crippen molar-refractivity contribution in [3.8, 4) is 0 Å². The van der Waals surface area contributed by atoms with Crippen molar-refractivity contribution in [3.05, 3.63) is 0 Å². The van der Waals surface area contributed by atoms with Gasteiger partial charge in [-0.2, -0.15) is 0 Å². The average molecular weight is 200 g/mol. The third-order valence-corrected chi connectivity index (χ3v) is 2.61. The molecule has 4 heteroatoms. The first-order valence-corrected chi connectivity index (χ1v) is 5.13. The molecule has 2 N–H and O–H groups in total. The molecule has 0 saturated carbocycles. The molecule has 1 heterocycles. The standard InChI is InChI=1S/C10H20N2O2/c1-10(2,3)12-6-4-5-11-7-8(12)9(13)14/h8,11H,4-7H2,1-3H3,(H,13,14). The molecular weight excluding hydrogens is 180 g/mol. The van der Waals surface area contributed by atoms with E-state index in [0.29, 0.717) is 6.54 Å². The van der Waals surface area contributed by atoms with Gasteiger partial charge in [-0.3, -0.25) is 9.69 Å². The van der Waals surface area contributed by atoms with E-state index in [1.165, 1.54) is 0 Å². The summed E-state index contributed by atoms with van der Waals surface area (Å²) < 4.78 is 0. The lowest BCUT2D eigenvalue weighted by Crippen LogP contribution is -2.53. The molecule has 0 radical (unpaired) electrons. The normalized spacial score (nSPS) is 25.8. The number of nitrogens with one attached hydrogen (secondary N) is 1. The Labute approximate surface area is 85.3 Å². The van der Waals surface area contributed by atoms with Crippen molar-refractivity contribution in [2.45, 2.75) is 38.8 Å². The Kier molecular flexibility index (Phi) is 3.50. The Morgan fingerprint density at radius 1 is 1.50 bits per heavy atom. The predicted molar refractivity (Wildman–Crippen MR) is 55.4 cm³/mol. The van der Waals surface area contributed by atoms with E-state index < -0.39 is 12.0 Å². The van der Waals surface area contributed by atoms with Crippen LogP contribution in [0.25, 0.3) is 0 Å². The number of rotatable bonds is 1. The van der Waals surface area contributed by atoms with Crippen molar-refractivity contribution < 1.29 is 9.90 Å². The number of hydrogen-bond acceptors (Lipinski definition) is 3. The van der Waals surface area contributed by atoms with Gasteiger partial charge in [-0.05, 0) is 33.7 Å². The molecule has 82 valence electrons. The van der Waals surface area contributed by atoms with Gasteiger partial charge in [0.25, 0.3) is 0 Å². The lowest BCUT2D eigenvalue weighted by Gasteiger charge is -2.38. The molecule has 1 unspecified atom stereocenters. The molecule has 4 nitrogen and oxygen atoms in total. The van der Waals surface area contributed by atoms with E-state index in [0.717, 1.165) is 19.5 Å². The van der Waals surface area contributed by atoms with Crippen molar-refractivity contribution in [2.24, 2.45) is 0 Å². The Morgan fingerprint density at radius 2 is 2.14 bits per heavy atom. The molecule has 1 saturated heterocycles. The quantitative estimate of drug-likeness (QED) is 0.648. The number of nitrogens with zero attached hydrogens (tertiary/aromatic N) is 1. The number of carboxylic acid groups (broad SMARTS) is 1. The molecule has 0 aromatic carbocycles. The van der Waals surface area contributed by atoms with Crippen molar-refractivity contribution in [1.29, 1.82) is 0 Å². The first-order valence-electron chi connectivity index (χ1n) is 5.13. The predicted octanol–water partition coefficient (Wildman–Crippen LogP) is 0.533. The van der Waals surface area contributed by atoms with Crippen LogP contribution in [0.1, 0.15) is 27.2 Å². The van der Waals surface area contributed by atoms with Gasteiger partial charge in [0.2, 0.25) is 0 Å². The molecule has 0 amide bonds. The molecule has 14 heavy (non-hydrogen) atoms. The van der Waals surface area contributed by atoms with Crippen LogP contribution in [0.3, 0.4) is 0 Å². The highest BCUT2D eigenvalue weighted by atomic mass is 16.4. The average Bonchev–Trinajstić information content (AvgIpc) is 2.26. The van der Waals surface area contributed by atoms with Gasteiger partial charge in [0.15, 0.2) is 0 Å². The van der Waals surface area contributed by atoms with Gasteiger partial charge in [-0.1, -0.05) is 0 Å². The second kappa shape index (κ2) is 4.28. The number of hydrogen-bond donors (Lipinski definition) is 2.